The SMILES string of the molecule is Cc1cnc(CSc2nc3ccccc3[nH]2)cc1OCC(F)(F)C(F)F. The highest BCUT2D eigenvalue weighted by molar-refractivity contribution is 7.98. The number of halogens is 4. The number of aryl methyl sites for hydroxylation is 1. The van der Waals surface area contributed by atoms with Crippen molar-refractivity contribution in [3.8, 4) is 5.75 Å². The van der Waals surface area contributed by atoms with Gasteiger partial charge in [0.1, 0.15) is 5.75 Å². The van der Waals surface area contributed by atoms with Crippen molar-refractivity contribution in [2.75, 3.05) is 6.61 Å². The molecule has 2 aromatic heterocycles. The molecule has 1 aromatic carbocycles. The normalized spacial score (nSPS) is 12.1. The van der Waals surface area contributed by atoms with Crippen molar-refractivity contribution in [1.82, 2.24) is 15.0 Å². The third-order valence-electron chi connectivity index (χ3n) is 3.57. The van der Waals surface area contributed by atoms with Crippen LogP contribution in [0.3, 0.4) is 0 Å². The van der Waals surface area contributed by atoms with Crippen molar-refractivity contribution in [2.24, 2.45) is 0 Å². The molecule has 0 saturated carbocycles. The van der Waals surface area contributed by atoms with Crippen LogP contribution >= 0.6 is 11.8 Å². The van der Waals surface area contributed by atoms with Crippen LogP contribution in [0.15, 0.2) is 41.7 Å². The molecule has 0 saturated heterocycles. The number of nitrogens with zero attached hydrogens (tertiary/aromatic N) is 2. The number of fused-ring (bicyclic) bond motifs is 1. The van der Waals surface area contributed by atoms with Gasteiger partial charge in [-0.05, 0) is 19.1 Å². The summed E-state index contributed by atoms with van der Waals surface area (Å²) in [7, 11) is 0. The van der Waals surface area contributed by atoms with Crippen LogP contribution in [0.2, 0.25) is 0 Å². The van der Waals surface area contributed by atoms with Gasteiger partial charge in [-0.3, -0.25) is 4.98 Å². The molecule has 26 heavy (non-hydrogen) atoms. The van der Waals surface area contributed by atoms with E-state index in [1.807, 2.05) is 24.3 Å². The minimum atomic E-state index is -4.20. The average molecular weight is 385 g/mol. The van der Waals surface area contributed by atoms with Crippen molar-refractivity contribution >= 4 is 22.8 Å². The maximum absolute atomic E-state index is 13.0. The number of hydrogen-bond donors (Lipinski definition) is 1. The topological polar surface area (TPSA) is 50.8 Å². The van der Waals surface area contributed by atoms with Gasteiger partial charge in [0.05, 0.1) is 16.7 Å². The second kappa shape index (κ2) is 7.53. The number of ether oxygens (including phenoxy) is 1. The Kier molecular flexibility index (Phi) is 5.36. The van der Waals surface area contributed by atoms with Gasteiger partial charge in [0.2, 0.25) is 0 Å². The number of aromatic amines is 1. The van der Waals surface area contributed by atoms with Crippen LogP contribution in [0, 0.1) is 6.92 Å². The lowest BCUT2D eigenvalue weighted by Crippen LogP contribution is -2.33. The third kappa shape index (κ3) is 4.27. The molecule has 138 valence electrons. The monoisotopic (exact) mass is 385 g/mol. The fourth-order valence-corrected chi connectivity index (χ4v) is 2.94. The summed E-state index contributed by atoms with van der Waals surface area (Å²) in [5.41, 5.74) is 2.80. The highest BCUT2D eigenvalue weighted by atomic mass is 32.2. The molecule has 2 heterocycles. The number of nitrogens with one attached hydrogen (secondary N) is 1. The first kappa shape index (κ1) is 18.5. The van der Waals surface area contributed by atoms with E-state index in [1.54, 1.807) is 6.92 Å². The number of H-pyrrole nitrogens is 1. The maximum atomic E-state index is 13.0. The standard InChI is InChI=1S/C17H15F4N3OS/c1-10-7-22-11(6-14(10)25-9-17(20,21)15(18)19)8-26-16-23-12-4-2-3-5-13(12)24-16/h2-7,15H,8-9H2,1H3,(H,23,24). The predicted molar refractivity (Wildman–Crippen MR) is 91.1 cm³/mol. The van der Waals surface area contributed by atoms with Crippen molar-refractivity contribution in [2.45, 2.75) is 30.2 Å². The summed E-state index contributed by atoms with van der Waals surface area (Å²) >= 11 is 1.39. The number of thioether (sulfide) groups is 1. The van der Waals surface area contributed by atoms with E-state index < -0.39 is 19.0 Å². The molecule has 0 amide bonds. The Morgan fingerprint density at radius 3 is 2.77 bits per heavy atom. The van der Waals surface area contributed by atoms with Gasteiger partial charge in [-0.2, -0.15) is 8.78 Å². The van der Waals surface area contributed by atoms with Gasteiger partial charge in [0, 0.05) is 23.6 Å². The van der Waals surface area contributed by atoms with Gasteiger partial charge in [-0.1, -0.05) is 23.9 Å². The molecule has 0 atom stereocenters. The van der Waals surface area contributed by atoms with E-state index in [4.69, 9.17) is 4.74 Å². The molecular weight excluding hydrogens is 370 g/mol. The van der Waals surface area contributed by atoms with Crippen LogP contribution in [0.5, 0.6) is 5.75 Å². The zero-order chi connectivity index (χ0) is 18.7. The molecule has 3 aromatic rings. The predicted octanol–water partition coefficient (Wildman–Crippen LogP) is 4.84. The molecule has 0 fully saturated rings. The minimum Gasteiger partial charge on any atom is -0.487 e. The Hall–Kier alpha value is -2.29. The molecule has 0 radical (unpaired) electrons. The zero-order valence-corrected chi connectivity index (χ0v) is 14.5. The smallest absolute Gasteiger partial charge is 0.340 e. The molecule has 0 aliphatic carbocycles. The van der Waals surface area contributed by atoms with E-state index in [-0.39, 0.29) is 5.75 Å². The van der Waals surface area contributed by atoms with Crippen LogP contribution in [0.1, 0.15) is 11.3 Å². The van der Waals surface area contributed by atoms with Crippen molar-refractivity contribution in [1.29, 1.82) is 0 Å². The molecule has 4 nitrogen and oxygen atoms in total. The van der Waals surface area contributed by atoms with E-state index in [1.165, 1.54) is 24.0 Å². The summed E-state index contributed by atoms with van der Waals surface area (Å²) in [5.74, 6) is -3.67. The van der Waals surface area contributed by atoms with Crippen molar-refractivity contribution in [3.05, 3.63) is 47.8 Å². The maximum Gasteiger partial charge on any atom is 0.340 e. The summed E-state index contributed by atoms with van der Waals surface area (Å²) in [4.78, 5) is 11.8. The molecule has 9 heteroatoms. The fourth-order valence-electron chi connectivity index (χ4n) is 2.16. The van der Waals surface area contributed by atoms with Crippen molar-refractivity contribution < 1.29 is 22.3 Å². The van der Waals surface area contributed by atoms with Gasteiger partial charge in [-0.25, -0.2) is 13.8 Å². The average Bonchev–Trinajstić information content (AvgIpc) is 3.02. The van der Waals surface area contributed by atoms with Crippen molar-refractivity contribution in [3.63, 3.8) is 0 Å². The Balaban J connectivity index is 1.67. The van der Waals surface area contributed by atoms with Gasteiger partial charge in [0.25, 0.3) is 0 Å². The largest absolute Gasteiger partial charge is 0.487 e. The lowest BCUT2D eigenvalue weighted by atomic mass is 10.2. The number of benzene rings is 1. The summed E-state index contributed by atoms with van der Waals surface area (Å²) < 4.78 is 55.4. The first-order valence-electron chi connectivity index (χ1n) is 7.67. The highest BCUT2D eigenvalue weighted by Gasteiger charge is 2.41. The van der Waals surface area contributed by atoms with Crippen LogP contribution in [-0.4, -0.2) is 33.9 Å². The molecule has 0 bridgehead atoms. The quantitative estimate of drug-likeness (QED) is 0.467. The van der Waals surface area contributed by atoms with E-state index in [9.17, 15) is 17.6 Å². The van der Waals surface area contributed by atoms with Gasteiger partial charge < -0.3 is 9.72 Å². The van der Waals surface area contributed by atoms with Crippen LogP contribution < -0.4 is 4.74 Å². The van der Waals surface area contributed by atoms with E-state index in [0.29, 0.717) is 22.2 Å². The van der Waals surface area contributed by atoms with Gasteiger partial charge in [0.15, 0.2) is 11.8 Å². The van der Waals surface area contributed by atoms with Crippen LogP contribution in [0.25, 0.3) is 11.0 Å². The Morgan fingerprint density at radius 2 is 2.04 bits per heavy atom. The Morgan fingerprint density at radius 1 is 1.27 bits per heavy atom. The van der Waals surface area contributed by atoms with Crippen LogP contribution in [-0.2, 0) is 5.75 Å². The first-order chi connectivity index (χ1) is 12.3. The Labute approximate surface area is 151 Å². The molecule has 0 aliphatic heterocycles. The number of alkyl halides is 4. The minimum absolute atomic E-state index is 0.112. The van der Waals surface area contributed by atoms with Gasteiger partial charge in [-0.15, -0.1) is 0 Å². The number of para-hydroxylation sites is 2. The second-order valence-corrected chi connectivity index (χ2v) is 6.60. The number of aromatic nitrogens is 3. The molecule has 3 rings (SSSR count). The van der Waals surface area contributed by atoms with E-state index in [0.717, 1.165) is 11.0 Å². The lowest BCUT2D eigenvalue weighted by Gasteiger charge is -2.17. The lowest BCUT2D eigenvalue weighted by molar-refractivity contribution is -0.148. The zero-order valence-electron chi connectivity index (χ0n) is 13.7. The van der Waals surface area contributed by atoms with E-state index >= 15 is 0 Å². The number of imidazole rings is 1. The third-order valence-corrected chi connectivity index (χ3v) is 4.48. The van der Waals surface area contributed by atoms with E-state index in [2.05, 4.69) is 15.0 Å². The van der Waals surface area contributed by atoms with Crippen LogP contribution in [0.4, 0.5) is 17.6 Å². The fraction of sp³-hybridized carbons (Fsp3) is 0.294. The summed E-state index contributed by atoms with van der Waals surface area (Å²) in [6.07, 6.45) is -2.31. The Bertz CT molecular complexity index is 868. The molecular formula is C17H15F4N3OS. The molecule has 0 aliphatic rings. The number of rotatable bonds is 7. The van der Waals surface area contributed by atoms with Gasteiger partial charge >= 0.3 is 12.3 Å². The molecule has 0 spiro atoms. The molecule has 1 N–H and O–H groups in total. The highest BCUT2D eigenvalue weighted by Crippen LogP contribution is 2.28. The first-order valence-corrected chi connectivity index (χ1v) is 8.65. The second-order valence-electron chi connectivity index (χ2n) is 5.64. The summed E-state index contributed by atoms with van der Waals surface area (Å²) in [6.45, 7) is 0.227. The summed E-state index contributed by atoms with van der Waals surface area (Å²) in [6, 6.07) is 9.06. The summed E-state index contributed by atoms with van der Waals surface area (Å²) in [5, 5.41) is 0.695. The number of hydrogen-bond acceptors (Lipinski definition) is 4. The molecule has 0 unspecified atom stereocenters. The number of pyridine rings is 1.